The third-order valence-electron chi connectivity index (χ3n) is 1.71. The van der Waals surface area contributed by atoms with Crippen molar-refractivity contribution in [1.82, 2.24) is 0 Å². The van der Waals surface area contributed by atoms with Crippen LogP contribution < -0.4 is 0 Å². The second-order valence-corrected chi connectivity index (χ2v) is 3.72. The lowest BCUT2D eigenvalue weighted by molar-refractivity contribution is 1.55. The molecule has 0 radical (unpaired) electrons. The van der Waals surface area contributed by atoms with E-state index in [1.807, 2.05) is 13.0 Å². The van der Waals surface area contributed by atoms with Crippen LogP contribution in [0.25, 0.3) is 5.57 Å². The molecule has 0 saturated carbocycles. The van der Waals surface area contributed by atoms with E-state index in [2.05, 4.69) is 42.5 Å². The maximum absolute atomic E-state index is 3.83. The molecule has 0 atom stereocenters. The SMILES string of the molecule is C=C(C)/C=C\C(=C/C)c1ccsc1. The molecule has 0 fully saturated rings. The van der Waals surface area contributed by atoms with E-state index in [9.17, 15) is 0 Å². The molecule has 13 heavy (non-hydrogen) atoms. The number of rotatable bonds is 3. The maximum atomic E-state index is 3.83. The van der Waals surface area contributed by atoms with Gasteiger partial charge in [0, 0.05) is 0 Å². The summed E-state index contributed by atoms with van der Waals surface area (Å²) in [4.78, 5) is 0. The average molecular weight is 190 g/mol. The zero-order chi connectivity index (χ0) is 9.68. The van der Waals surface area contributed by atoms with Gasteiger partial charge < -0.3 is 0 Å². The minimum Gasteiger partial charge on any atom is -0.152 e. The first-order chi connectivity index (χ1) is 6.24. The quantitative estimate of drug-likeness (QED) is 0.624. The molecule has 0 unspecified atom stereocenters. The molecular weight excluding hydrogens is 176 g/mol. The Bertz CT molecular complexity index is 326. The van der Waals surface area contributed by atoms with E-state index in [4.69, 9.17) is 0 Å². The summed E-state index contributed by atoms with van der Waals surface area (Å²) in [5, 5.41) is 4.24. The van der Waals surface area contributed by atoms with Gasteiger partial charge in [-0.25, -0.2) is 0 Å². The van der Waals surface area contributed by atoms with Crippen LogP contribution in [0, 0.1) is 0 Å². The Kier molecular flexibility index (Phi) is 3.71. The van der Waals surface area contributed by atoms with Crippen molar-refractivity contribution in [3.8, 4) is 0 Å². The first-order valence-corrected chi connectivity index (χ1v) is 5.21. The third-order valence-corrected chi connectivity index (χ3v) is 2.40. The van der Waals surface area contributed by atoms with Crippen molar-refractivity contribution in [2.75, 3.05) is 0 Å². The molecule has 0 aliphatic carbocycles. The van der Waals surface area contributed by atoms with E-state index < -0.39 is 0 Å². The minimum atomic E-state index is 1.08. The Morgan fingerprint density at radius 3 is 2.69 bits per heavy atom. The van der Waals surface area contributed by atoms with Crippen molar-refractivity contribution in [3.63, 3.8) is 0 Å². The average Bonchev–Trinajstić information content (AvgIpc) is 2.58. The number of allylic oxidation sites excluding steroid dienone is 5. The molecule has 0 aliphatic heterocycles. The molecule has 0 bridgehead atoms. The first-order valence-electron chi connectivity index (χ1n) is 4.26. The summed E-state index contributed by atoms with van der Waals surface area (Å²) in [6, 6.07) is 2.13. The van der Waals surface area contributed by atoms with E-state index in [-0.39, 0.29) is 0 Å². The highest BCUT2D eigenvalue weighted by Crippen LogP contribution is 2.19. The molecule has 1 heteroatoms. The zero-order valence-corrected chi connectivity index (χ0v) is 8.90. The number of thiophene rings is 1. The molecule has 1 heterocycles. The van der Waals surface area contributed by atoms with Crippen LogP contribution in [0.3, 0.4) is 0 Å². The molecule has 1 aromatic heterocycles. The molecule has 0 saturated heterocycles. The predicted octanol–water partition coefficient (Wildman–Crippen LogP) is 4.28. The fourth-order valence-corrected chi connectivity index (χ4v) is 1.68. The highest BCUT2D eigenvalue weighted by molar-refractivity contribution is 7.08. The topological polar surface area (TPSA) is 0 Å². The predicted molar refractivity (Wildman–Crippen MR) is 61.9 cm³/mol. The van der Waals surface area contributed by atoms with Crippen molar-refractivity contribution in [2.45, 2.75) is 13.8 Å². The molecule has 0 N–H and O–H groups in total. The van der Waals surface area contributed by atoms with Gasteiger partial charge >= 0.3 is 0 Å². The van der Waals surface area contributed by atoms with Gasteiger partial charge in [-0.1, -0.05) is 30.4 Å². The van der Waals surface area contributed by atoms with Gasteiger partial charge in [0.2, 0.25) is 0 Å². The van der Waals surface area contributed by atoms with Crippen LogP contribution in [-0.4, -0.2) is 0 Å². The molecule has 0 nitrogen and oxygen atoms in total. The molecule has 1 aromatic rings. The Hall–Kier alpha value is -1.08. The minimum absolute atomic E-state index is 1.08. The van der Waals surface area contributed by atoms with Gasteiger partial charge in [0.15, 0.2) is 0 Å². The Balaban J connectivity index is 2.83. The lowest BCUT2D eigenvalue weighted by Gasteiger charge is -1.96. The van der Waals surface area contributed by atoms with Crippen LogP contribution in [0.15, 0.2) is 47.2 Å². The van der Waals surface area contributed by atoms with Gasteiger partial charge in [-0.3, -0.25) is 0 Å². The summed E-state index contributed by atoms with van der Waals surface area (Å²) in [6.45, 7) is 7.88. The summed E-state index contributed by atoms with van der Waals surface area (Å²) in [7, 11) is 0. The smallest absolute Gasteiger partial charge is 0.00149 e. The van der Waals surface area contributed by atoms with Crippen molar-refractivity contribution in [3.05, 3.63) is 52.8 Å². The van der Waals surface area contributed by atoms with E-state index in [1.165, 1.54) is 11.1 Å². The summed E-state index contributed by atoms with van der Waals surface area (Å²) >= 11 is 1.72. The Labute approximate surface area is 83.9 Å². The number of hydrogen-bond acceptors (Lipinski definition) is 1. The monoisotopic (exact) mass is 190 g/mol. The van der Waals surface area contributed by atoms with Crippen molar-refractivity contribution in [1.29, 1.82) is 0 Å². The number of hydrogen-bond donors (Lipinski definition) is 0. The molecule has 0 aliphatic rings. The summed E-state index contributed by atoms with van der Waals surface area (Å²) in [6.07, 6.45) is 6.25. The molecule has 1 rings (SSSR count). The van der Waals surface area contributed by atoms with E-state index in [0.717, 1.165) is 5.57 Å². The standard InChI is InChI=1S/C12H14S/c1-4-11(6-5-10(2)3)12-7-8-13-9-12/h4-9H,2H2,1,3H3/b6-5-,11-4+. The molecule has 0 amide bonds. The van der Waals surface area contributed by atoms with Gasteiger partial charge in [0.05, 0.1) is 0 Å². The highest BCUT2D eigenvalue weighted by atomic mass is 32.1. The van der Waals surface area contributed by atoms with Gasteiger partial charge in [0.25, 0.3) is 0 Å². The molecule has 0 aromatic carbocycles. The molecule has 68 valence electrons. The third kappa shape index (κ3) is 3.03. The second kappa shape index (κ2) is 4.83. The van der Waals surface area contributed by atoms with Crippen molar-refractivity contribution >= 4 is 16.9 Å². The summed E-state index contributed by atoms with van der Waals surface area (Å²) in [5.41, 5.74) is 3.61. The van der Waals surface area contributed by atoms with Crippen LogP contribution in [0.5, 0.6) is 0 Å². The van der Waals surface area contributed by atoms with Crippen LogP contribution in [-0.2, 0) is 0 Å². The summed E-state index contributed by atoms with van der Waals surface area (Å²) < 4.78 is 0. The lowest BCUT2D eigenvalue weighted by Crippen LogP contribution is -1.74. The second-order valence-electron chi connectivity index (χ2n) is 2.94. The van der Waals surface area contributed by atoms with E-state index >= 15 is 0 Å². The van der Waals surface area contributed by atoms with Gasteiger partial charge in [-0.15, -0.1) is 0 Å². The zero-order valence-electron chi connectivity index (χ0n) is 8.08. The maximum Gasteiger partial charge on any atom is -0.00149 e. The van der Waals surface area contributed by atoms with Gasteiger partial charge in [-0.05, 0) is 41.8 Å². The summed E-state index contributed by atoms with van der Waals surface area (Å²) in [5.74, 6) is 0. The lowest BCUT2D eigenvalue weighted by atomic mass is 10.1. The normalized spacial score (nSPS) is 12.3. The van der Waals surface area contributed by atoms with E-state index in [0.29, 0.717) is 0 Å². The van der Waals surface area contributed by atoms with Crippen LogP contribution in [0.2, 0.25) is 0 Å². The Morgan fingerprint density at radius 2 is 2.23 bits per heavy atom. The van der Waals surface area contributed by atoms with Crippen LogP contribution in [0.1, 0.15) is 19.4 Å². The van der Waals surface area contributed by atoms with Crippen LogP contribution in [0.4, 0.5) is 0 Å². The fourth-order valence-electron chi connectivity index (χ4n) is 1.02. The van der Waals surface area contributed by atoms with Crippen molar-refractivity contribution < 1.29 is 0 Å². The van der Waals surface area contributed by atoms with Crippen LogP contribution >= 0.6 is 11.3 Å². The molecular formula is C12H14S. The van der Waals surface area contributed by atoms with Gasteiger partial charge in [0.1, 0.15) is 0 Å². The first kappa shape index (κ1) is 10.0. The van der Waals surface area contributed by atoms with Crippen molar-refractivity contribution in [2.24, 2.45) is 0 Å². The fraction of sp³-hybridized carbons (Fsp3) is 0.167. The van der Waals surface area contributed by atoms with Gasteiger partial charge in [-0.2, -0.15) is 11.3 Å². The largest absolute Gasteiger partial charge is 0.152 e. The molecule has 0 spiro atoms. The van der Waals surface area contributed by atoms with E-state index in [1.54, 1.807) is 11.3 Å². The highest BCUT2D eigenvalue weighted by Gasteiger charge is 1.95. The Morgan fingerprint density at radius 1 is 1.46 bits per heavy atom.